The fourth-order valence-corrected chi connectivity index (χ4v) is 2.71. The molecule has 1 atom stereocenters. The molecule has 1 heterocycles. The SMILES string of the molecule is C=Cc1cc(CC(=O)N2CCCCC2C(F)(F)F)ccc1F. The van der Waals surface area contributed by atoms with E-state index in [2.05, 4.69) is 6.58 Å². The normalized spacial score (nSPS) is 19.1. The van der Waals surface area contributed by atoms with Gasteiger partial charge in [-0.05, 0) is 37.0 Å². The molecule has 1 aliphatic heterocycles. The van der Waals surface area contributed by atoms with Crippen molar-refractivity contribution in [2.24, 2.45) is 0 Å². The number of hydrogen-bond acceptors (Lipinski definition) is 1. The van der Waals surface area contributed by atoms with Crippen molar-refractivity contribution in [3.63, 3.8) is 0 Å². The third kappa shape index (κ3) is 3.67. The second-order valence-electron chi connectivity index (χ2n) is 5.38. The molecule has 2 nitrogen and oxygen atoms in total. The summed E-state index contributed by atoms with van der Waals surface area (Å²) in [5, 5.41) is 0. The first-order chi connectivity index (χ1) is 10.3. The summed E-state index contributed by atoms with van der Waals surface area (Å²) in [4.78, 5) is 13.1. The maximum absolute atomic E-state index is 13.4. The number of carbonyl (C=O) groups excluding carboxylic acids is 1. The summed E-state index contributed by atoms with van der Waals surface area (Å²) < 4.78 is 52.4. The highest BCUT2D eigenvalue weighted by molar-refractivity contribution is 5.79. The second-order valence-corrected chi connectivity index (χ2v) is 5.38. The van der Waals surface area contributed by atoms with E-state index in [1.165, 1.54) is 24.3 Å². The number of hydrogen-bond donors (Lipinski definition) is 0. The van der Waals surface area contributed by atoms with Gasteiger partial charge in [-0.2, -0.15) is 13.2 Å². The molecule has 0 spiro atoms. The summed E-state index contributed by atoms with van der Waals surface area (Å²) in [7, 11) is 0. The van der Waals surface area contributed by atoms with Crippen LogP contribution in [-0.2, 0) is 11.2 Å². The highest BCUT2D eigenvalue weighted by Crippen LogP contribution is 2.32. The summed E-state index contributed by atoms with van der Waals surface area (Å²) in [6, 6.07) is 2.32. The van der Waals surface area contributed by atoms with Crippen LogP contribution in [0.5, 0.6) is 0 Å². The molecule has 0 N–H and O–H groups in total. The van der Waals surface area contributed by atoms with Crippen LogP contribution in [0.25, 0.3) is 6.08 Å². The number of likely N-dealkylation sites (tertiary alicyclic amines) is 1. The first-order valence-electron chi connectivity index (χ1n) is 7.10. The van der Waals surface area contributed by atoms with Crippen molar-refractivity contribution in [2.45, 2.75) is 37.9 Å². The third-order valence-electron chi connectivity index (χ3n) is 3.84. The van der Waals surface area contributed by atoms with Gasteiger partial charge in [0.25, 0.3) is 0 Å². The number of piperidine rings is 1. The highest BCUT2D eigenvalue weighted by atomic mass is 19.4. The number of halogens is 4. The van der Waals surface area contributed by atoms with Gasteiger partial charge in [-0.1, -0.05) is 18.7 Å². The molecular weight excluding hydrogens is 298 g/mol. The molecule has 22 heavy (non-hydrogen) atoms. The number of alkyl halides is 3. The van der Waals surface area contributed by atoms with E-state index in [0.29, 0.717) is 18.4 Å². The Bertz CT molecular complexity index is 568. The van der Waals surface area contributed by atoms with Crippen molar-refractivity contribution in [1.82, 2.24) is 4.90 Å². The van der Waals surface area contributed by atoms with Gasteiger partial charge in [-0.15, -0.1) is 0 Å². The van der Waals surface area contributed by atoms with Gasteiger partial charge in [0.15, 0.2) is 0 Å². The molecule has 1 unspecified atom stereocenters. The van der Waals surface area contributed by atoms with Gasteiger partial charge in [-0.3, -0.25) is 4.79 Å². The van der Waals surface area contributed by atoms with Gasteiger partial charge in [0.1, 0.15) is 11.9 Å². The standard InChI is InChI=1S/C16H17F4NO/c1-2-12-9-11(6-7-13(12)17)10-15(22)21-8-4-3-5-14(21)16(18,19)20/h2,6-7,9,14H,1,3-5,8,10H2. The van der Waals surface area contributed by atoms with Gasteiger partial charge in [-0.25, -0.2) is 4.39 Å². The number of carbonyl (C=O) groups is 1. The molecule has 1 aromatic rings. The molecule has 0 bridgehead atoms. The van der Waals surface area contributed by atoms with Crippen molar-refractivity contribution >= 4 is 12.0 Å². The molecule has 1 aromatic carbocycles. The zero-order valence-electron chi connectivity index (χ0n) is 12.0. The van der Waals surface area contributed by atoms with E-state index in [1.807, 2.05) is 0 Å². The van der Waals surface area contributed by atoms with Gasteiger partial charge in [0, 0.05) is 12.1 Å². The largest absolute Gasteiger partial charge is 0.408 e. The van der Waals surface area contributed by atoms with Crippen molar-refractivity contribution < 1.29 is 22.4 Å². The van der Waals surface area contributed by atoms with E-state index in [4.69, 9.17) is 0 Å². The Morgan fingerprint density at radius 3 is 2.73 bits per heavy atom. The van der Waals surface area contributed by atoms with Gasteiger partial charge >= 0.3 is 6.18 Å². The van der Waals surface area contributed by atoms with E-state index in [9.17, 15) is 22.4 Å². The molecule has 1 saturated heterocycles. The fraction of sp³-hybridized carbons (Fsp3) is 0.438. The highest BCUT2D eigenvalue weighted by Gasteiger charge is 2.46. The van der Waals surface area contributed by atoms with Crippen LogP contribution in [0, 0.1) is 5.82 Å². The summed E-state index contributed by atoms with van der Waals surface area (Å²) in [6.45, 7) is 3.57. The van der Waals surface area contributed by atoms with Gasteiger partial charge < -0.3 is 4.90 Å². The molecule has 2 rings (SSSR count). The maximum Gasteiger partial charge on any atom is 0.408 e. The molecule has 0 saturated carbocycles. The zero-order chi connectivity index (χ0) is 16.3. The van der Waals surface area contributed by atoms with Crippen molar-refractivity contribution in [2.75, 3.05) is 6.54 Å². The Balaban J connectivity index is 2.15. The first kappa shape index (κ1) is 16.5. The van der Waals surface area contributed by atoms with Crippen LogP contribution in [0.3, 0.4) is 0 Å². The van der Waals surface area contributed by atoms with E-state index >= 15 is 0 Å². The average Bonchev–Trinajstić information content (AvgIpc) is 2.48. The maximum atomic E-state index is 13.4. The van der Waals surface area contributed by atoms with Crippen LogP contribution < -0.4 is 0 Å². The lowest BCUT2D eigenvalue weighted by molar-refractivity contribution is -0.195. The number of nitrogens with zero attached hydrogens (tertiary/aromatic N) is 1. The van der Waals surface area contributed by atoms with E-state index in [-0.39, 0.29) is 24.9 Å². The minimum Gasteiger partial charge on any atom is -0.330 e. The smallest absolute Gasteiger partial charge is 0.330 e. The average molecular weight is 315 g/mol. The molecule has 1 amide bonds. The first-order valence-corrected chi connectivity index (χ1v) is 7.10. The fourth-order valence-electron chi connectivity index (χ4n) is 2.71. The van der Waals surface area contributed by atoms with Gasteiger partial charge in [0.05, 0.1) is 6.42 Å². The number of amides is 1. The summed E-state index contributed by atoms with van der Waals surface area (Å²) in [6.07, 6.45) is -2.30. The van der Waals surface area contributed by atoms with Gasteiger partial charge in [0.2, 0.25) is 5.91 Å². The Kier molecular flexibility index (Phi) is 4.88. The molecule has 0 aromatic heterocycles. The molecule has 1 fully saturated rings. The van der Waals surface area contributed by atoms with Crippen molar-refractivity contribution in [1.29, 1.82) is 0 Å². The molecule has 0 aliphatic carbocycles. The lowest BCUT2D eigenvalue weighted by atomic mass is 10.00. The van der Waals surface area contributed by atoms with E-state index in [1.54, 1.807) is 0 Å². The van der Waals surface area contributed by atoms with Crippen LogP contribution in [0.4, 0.5) is 17.6 Å². The Morgan fingerprint density at radius 2 is 2.09 bits per heavy atom. The monoisotopic (exact) mass is 315 g/mol. The summed E-state index contributed by atoms with van der Waals surface area (Å²) in [5.41, 5.74) is 0.712. The number of benzene rings is 1. The van der Waals surface area contributed by atoms with Crippen LogP contribution in [0.15, 0.2) is 24.8 Å². The molecular formula is C16H17F4NO. The molecule has 0 radical (unpaired) electrons. The minimum atomic E-state index is -4.41. The second kappa shape index (κ2) is 6.50. The Hall–Kier alpha value is -1.85. The zero-order valence-corrected chi connectivity index (χ0v) is 12.0. The molecule has 120 valence electrons. The van der Waals surface area contributed by atoms with Crippen LogP contribution in [0.2, 0.25) is 0 Å². The van der Waals surface area contributed by atoms with E-state index in [0.717, 1.165) is 4.90 Å². The minimum absolute atomic E-state index is 0.0590. The summed E-state index contributed by atoms with van der Waals surface area (Å²) >= 11 is 0. The number of rotatable bonds is 3. The van der Waals surface area contributed by atoms with Crippen molar-refractivity contribution in [3.05, 3.63) is 41.7 Å². The lowest BCUT2D eigenvalue weighted by Gasteiger charge is -2.36. The topological polar surface area (TPSA) is 20.3 Å². The lowest BCUT2D eigenvalue weighted by Crippen LogP contribution is -2.51. The quantitative estimate of drug-likeness (QED) is 0.773. The van der Waals surface area contributed by atoms with Crippen LogP contribution in [0.1, 0.15) is 30.4 Å². The Labute approximate surface area is 126 Å². The summed E-state index contributed by atoms with van der Waals surface area (Å²) in [5.74, 6) is -1.05. The molecule has 1 aliphatic rings. The van der Waals surface area contributed by atoms with Crippen LogP contribution >= 0.6 is 0 Å². The predicted molar refractivity (Wildman–Crippen MR) is 75.6 cm³/mol. The predicted octanol–water partition coefficient (Wildman–Crippen LogP) is 3.95. The van der Waals surface area contributed by atoms with E-state index < -0.39 is 23.9 Å². The Morgan fingerprint density at radius 1 is 1.36 bits per heavy atom. The third-order valence-corrected chi connectivity index (χ3v) is 3.84. The molecule has 6 heteroatoms. The van der Waals surface area contributed by atoms with Crippen molar-refractivity contribution in [3.8, 4) is 0 Å². The van der Waals surface area contributed by atoms with Crippen LogP contribution in [-0.4, -0.2) is 29.6 Å².